The first-order valence-corrected chi connectivity index (χ1v) is 9.81. The topological polar surface area (TPSA) is 64.1 Å². The molecule has 0 amide bonds. The average Bonchev–Trinajstić information content (AvgIpc) is 2.58. The van der Waals surface area contributed by atoms with Gasteiger partial charge in [-0.1, -0.05) is 32.1 Å². The van der Waals surface area contributed by atoms with Crippen molar-refractivity contribution in [2.45, 2.75) is 71.8 Å². The molecule has 0 aliphatic heterocycles. The molecular formula is C21H29N3O2. The van der Waals surface area contributed by atoms with Crippen molar-refractivity contribution in [1.29, 1.82) is 0 Å². The first-order valence-electron chi connectivity index (χ1n) is 9.81. The van der Waals surface area contributed by atoms with Crippen molar-refractivity contribution in [2.75, 3.05) is 11.9 Å². The van der Waals surface area contributed by atoms with Crippen LogP contribution in [-0.4, -0.2) is 28.6 Å². The Morgan fingerprint density at radius 3 is 2.23 bits per heavy atom. The SMILES string of the molecule is CCOC(=O)c1nc2cc(C)c(C)cc2nc1NC1CCCCCCC1. The molecule has 1 aliphatic rings. The van der Waals surface area contributed by atoms with Gasteiger partial charge in [-0.3, -0.25) is 0 Å². The molecule has 5 heteroatoms. The van der Waals surface area contributed by atoms with Crippen LogP contribution in [-0.2, 0) is 4.74 Å². The van der Waals surface area contributed by atoms with E-state index in [1.54, 1.807) is 0 Å². The number of ether oxygens (including phenoxy) is 1. The summed E-state index contributed by atoms with van der Waals surface area (Å²) in [5.74, 6) is 0.151. The zero-order chi connectivity index (χ0) is 18.5. The average molecular weight is 355 g/mol. The van der Waals surface area contributed by atoms with Gasteiger partial charge >= 0.3 is 5.97 Å². The van der Waals surface area contributed by atoms with Crippen LogP contribution in [0.3, 0.4) is 0 Å². The molecular weight excluding hydrogens is 326 g/mol. The van der Waals surface area contributed by atoms with Crippen molar-refractivity contribution in [3.8, 4) is 0 Å². The van der Waals surface area contributed by atoms with Gasteiger partial charge in [-0.05, 0) is 56.9 Å². The molecule has 0 radical (unpaired) electrons. The van der Waals surface area contributed by atoms with Gasteiger partial charge in [-0.2, -0.15) is 0 Å². The maximum absolute atomic E-state index is 12.5. The van der Waals surface area contributed by atoms with Crippen LogP contribution in [0.5, 0.6) is 0 Å². The van der Waals surface area contributed by atoms with Gasteiger partial charge in [0.15, 0.2) is 11.5 Å². The van der Waals surface area contributed by atoms with Crippen LogP contribution in [0.2, 0.25) is 0 Å². The zero-order valence-electron chi connectivity index (χ0n) is 16.1. The van der Waals surface area contributed by atoms with E-state index >= 15 is 0 Å². The minimum atomic E-state index is -0.409. The number of nitrogens with one attached hydrogen (secondary N) is 1. The molecule has 0 atom stereocenters. The van der Waals surface area contributed by atoms with Crippen LogP contribution >= 0.6 is 0 Å². The van der Waals surface area contributed by atoms with E-state index in [1.165, 1.54) is 37.7 Å². The summed E-state index contributed by atoms with van der Waals surface area (Å²) in [6.45, 7) is 6.24. The predicted molar refractivity (Wildman–Crippen MR) is 105 cm³/mol. The van der Waals surface area contributed by atoms with E-state index in [0.717, 1.165) is 29.4 Å². The number of fused-ring (bicyclic) bond motifs is 1. The molecule has 5 nitrogen and oxygen atoms in total. The number of nitrogens with zero attached hydrogens (tertiary/aromatic N) is 2. The van der Waals surface area contributed by atoms with Crippen LogP contribution in [0, 0.1) is 13.8 Å². The fourth-order valence-corrected chi connectivity index (χ4v) is 3.55. The smallest absolute Gasteiger partial charge is 0.360 e. The molecule has 1 aromatic carbocycles. The highest BCUT2D eigenvalue weighted by atomic mass is 16.5. The van der Waals surface area contributed by atoms with Gasteiger partial charge in [0.05, 0.1) is 17.6 Å². The Hall–Kier alpha value is -2.17. The lowest BCUT2D eigenvalue weighted by Crippen LogP contribution is -2.24. The van der Waals surface area contributed by atoms with Crippen molar-refractivity contribution in [3.05, 3.63) is 29.0 Å². The second-order valence-corrected chi connectivity index (χ2v) is 7.25. The van der Waals surface area contributed by atoms with Crippen LogP contribution in [0.4, 0.5) is 5.82 Å². The van der Waals surface area contributed by atoms with Crippen molar-refractivity contribution in [2.24, 2.45) is 0 Å². The monoisotopic (exact) mass is 355 g/mol. The fraction of sp³-hybridized carbons (Fsp3) is 0.571. The lowest BCUT2D eigenvalue weighted by atomic mass is 9.97. The lowest BCUT2D eigenvalue weighted by Gasteiger charge is -2.22. The van der Waals surface area contributed by atoms with E-state index in [4.69, 9.17) is 9.72 Å². The molecule has 0 bridgehead atoms. The van der Waals surface area contributed by atoms with Gasteiger partial charge < -0.3 is 10.1 Å². The number of aromatic nitrogens is 2. The number of hydrogen-bond acceptors (Lipinski definition) is 5. The maximum Gasteiger partial charge on any atom is 0.360 e. The summed E-state index contributed by atoms with van der Waals surface area (Å²) in [4.78, 5) is 21.8. The van der Waals surface area contributed by atoms with Crippen LogP contribution in [0.15, 0.2) is 12.1 Å². The van der Waals surface area contributed by atoms with E-state index in [-0.39, 0.29) is 0 Å². The third-order valence-corrected chi connectivity index (χ3v) is 5.19. The summed E-state index contributed by atoms with van der Waals surface area (Å²) >= 11 is 0. The largest absolute Gasteiger partial charge is 0.461 e. The second-order valence-electron chi connectivity index (χ2n) is 7.25. The van der Waals surface area contributed by atoms with Gasteiger partial charge in [-0.15, -0.1) is 0 Å². The molecule has 140 valence electrons. The molecule has 1 aliphatic carbocycles. The van der Waals surface area contributed by atoms with Gasteiger partial charge in [0, 0.05) is 6.04 Å². The Kier molecular flexibility index (Phi) is 6.07. The van der Waals surface area contributed by atoms with E-state index in [0.29, 0.717) is 24.2 Å². The maximum atomic E-state index is 12.5. The van der Waals surface area contributed by atoms with Gasteiger partial charge in [0.2, 0.25) is 0 Å². The molecule has 0 unspecified atom stereocenters. The minimum Gasteiger partial charge on any atom is -0.461 e. The fourth-order valence-electron chi connectivity index (χ4n) is 3.55. The molecule has 0 saturated heterocycles. The van der Waals surface area contributed by atoms with Crippen LogP contribution in [0.1, 0.15) is 73.5 Å². The highest BCUT2D eigenvalue weighted by Crippen LogP contribution is 2.25. The Balaban J connectivity index is 1.97. The number of carbonyl (C=O) groups is 1. The van der Waals surface area contributed by atoms with Gasteiger partial charge in [0.25, 0.3) is 0 Å². The van der Waals surface area contributed by atoms with Crippen LogP contribution in [0.25, 0.3) is 11.0 Å². The van der Waals surface area contributed by atoms with E-state index < -0.39 is 5.97 Å². The Morgan fingerprint density at radius 1 is 1.04 bits per heavy atom. The quantitative estimate of drug-likeness (QED) is 0.786. The third-order valence-electron chi connectivity index (χ3n) is 5.19. The molecule has 26 heavy (non-hydrogen) atoms. The summed E-state index contributed by atoms with van der Waals surface area (Å²) in [7, 11) is 0. The number of anilines is 1. The van der Waals surface area contributed by atoms with Crippen molar-refractivity contribution in [1.82, 2.24) is 9.97 Å². The van der Waals surface area contributed by atoms with Crippen molar-refractivity contribution >= 4 is 22.8 Å². The Bertz CT molecular complexity index is 780. The highest BCUT2D eigenvalue weighted by molar-refractivity contribution is 5.95. The number of hydrogen-bond donors (Lipinski definition) is 1. The van der Waals surface area contributed by atoms with E-state index in [2.05, 4.69) is 17.2 Å². The summed E-state index contributed by atoms with van der Waals surface area (Å²) in [5, 5.41) is 3.51. The molecule has 1 N–H and O–H groups in total. The van der Waals surface area contributed by atoms with Crippen molar-refractivity contribution < 1.29 is 9.53 Å². The second kappa shape index (κ2) is 8.47. The first-order chi connectivity index (χ1) is 12.6. The molecule has 1 heterocycles. The van der Waals surface area contributed by atoms with E-state index in [9.17, 15) is 4.79 Å². The molecule has 1 aromatic heterocycles. The standard InChI is InChI=1S/C21H29N3O2/c1-4-26-21(25)19-20(22-16-10-8-6-5-7-9-11-16)24-18-13-15(3)14(2)12-17(18)23-19/h12-13,16H,4-11H2,1-3H3,(H,22,24). The van der Waals surface area contributed by atoms with Gasteiger partial charge in [0.1, 0.15) is 0 Å². The number of carbonyl (C=O) groups excluding carboxylic acids is 1. The van der Waals surface area contributed by atoms with Crippen molar-refractivity contribution in [3.63, 3.8) is 0 Å². The lowest BCUT2D eigenvalue weighted by molar-refractivity contribution is 0.0520. The summed E-state index contributed by atoms with van der Waals surface area (Å²) < 4.78 is 5.22. The predicted octanol–water partition coefficient (Wildman–Crippen LogP) is 4.95. The normalized spacial score (nSPS) is 16.1. The zero-order valence-corrected chi connectivity index (χ0v) is 16.1. The number of benzene rings is 1. The molecule has 0 spiro atoms. The Morgan fingerprint density at radius 2 is 1.62 bits per heavy atom. The summed E-state index contributed by atoms with van der Waals surface area (Å²) in [6.07, 6.45) is 8.53. The van der Waals surface area contributed by atoms with Crippen LogP contribution < -0.4 is 5.32 Å². The van der Waals surface area contributed by atoms with E-state index in [1.807, 2.05) is 26.0 Å². The first kappa shape index (κ1) is 18.6. The summed E-state index contributed by atoms with van der Waals surface area (Å²) in [5.41, 5.74) is 4.16. The highest BCUT2D eigenvalue weighted by Gasteiger charge is 2.21. The molecule has 1 saturated carbocycles. The number of aryl methyl sites for hydroxylation is 2. The Labute approximate surface area is 155 Å². The van der Waals surface area contributed by atoms with Gasteiger partial charge in [-0.25, -0.2) is 14.8 Å². The summed E-state index contributed by atoms with van der Waals surface area (Å²) in [6, 6.07) is 4.36. The molecule has 1 fully saturated rings. The number of rotatable bonds is 4. The molecule has 2 aromatic rings. The number of esters is 1. The molecule has 3 rings (SSSR count). The third kappa shape index (κ3) is 4.32. The minimum absolute atomic E-state index is 0.296.